The summed E-state index contributed by atoms with van der Waals surface area (Å²) in [5.74, 6) is 0. The Labute approximate surface area is 247 Å². The van der Waals surface area contributed by atoms with Crippen LogP contribution in [-0.4, -0.2) is 9.12 Å². The van der Waals surface area contributed by atoms with Gasteiger partial charge in [-0.25, -0.2) is 0 Å². The highest BCUT2D eigenvalue weighted by molar-refractivity contribution is 7.91. The molecule has 0 bridgehead atoms. The summed E-state index contributed by atoms with van der Waals surface area (Å²) in [6.45, 7) is 0. The van der Waals surface area contributed by atoms with Crippen molar-refractivity contribution in [2.45, 2.75) is 15.2 Å². The molecule has 2 heterocycles. The zero-order valence-electron chi connectivity index (χ0n) is 22.6. The monoisotopic (exact) mass is 556 g/mol. The lowest BCUT2D eigenvalue weighted by Gasteiger charge is -2.41. The number of para-hydroxylation sites is 1. The molecule has 1 aliphatic heterocycles. The number of nitriles is 1. The minimum atomic E-state index is -1.30. The van der Waals surface area contributed by atoms with Crippen molar-refractivity contribution >= 4 is 33.0 Å². The lowest BCUT2D eigenvalue weighted by Crippen LogP contribution is -2.37. The van der Waals surface area contributed by atoms with Gasteiger partial charge in [-0.2, -0.15) is 5.26 Å². The average molecular weight is 557 g/mol. The Morgan fingerprint density at radius 1 is 0.571 bits per heavy atom. The van der Waals surface area contributed by atoms with Gasteiger partial charge in [-0.1, -0.05) is 91.0 Å². The van der Waals surface area contributed by atoms with E-state index < -0.39 is 16.6 Å². The highest BCUT2D eigenvalue weighted by atomic mass is 32.2. The SMILES string of the molecule is N#Cc1ccc2c(c1)c1cc(C3(c4ccccc4)c4ccccc4[S+]([O-])c4ccccc43)ccc1n2-c1ccccc1. The van der Waals surface area contributed by atoms with Crippen LogP contribution in [0.5, 0.6) is 0 Å². The molecule has 0 N–H and O–H groups in total. The molecule has 0 fully saturated rings. The molecule has 0 radical (unpaired) electrons. The molecule has 0 saturated heterocycles. The first-order chi connectivity index (χ1) is 20.7. The van der Waals surface area contributed by atoms with Gasteiger partial charge in [0.1, 0.15) is 0 Å². The van der Waals surface area contributed by atoms with E-state index in [9.17, 15) is 9.81 Å². The Balaban J connectivity index is 1.53. The van der Waals surface area contributed by atoms with E-state index in [0.717, 1.165) is 59.5 Å². The average Bonchev–Trinajstić information content (AvgIpc) is 3.39. The van der Waals surface area contributed by atoms with Crippen molar-refractivity contribution in [1.29, 1.82) is 5.26 Å². The summed E-state index contributed by atoms with van der Waals surface area (Å²) in [5.41, 5.74) is 7.38. The van der Waals surface area contributed by atoms with Crippen molar-refractivity contribution in [1.82, 2.24) is 4.57 Å². The van der Waals surface area contributed by atoms with Gasteiger partial charge in [0.05, 0.1) is 28.1 Å². The molecule has 42 heavy (non-hydrogen) atoms. The summed E-state index contributed by atoms with van der Waals surface area (Å²) >= 11 is -1.30. The van der Waals surface area contributed by atoms with E-state index in [1.54, 1.807) is 0 Å². The van der Waals surface area contributed by atoms with E-state index in [0.29, 0.717) is 5.56 Å². The minimum Gasteiger partial charge on any atom is -0.606 e. The van der Waals surface area contributed by atoms with E-state index >= 15 is 0 Å². The first kappa shape index (κ1) is 24.7. The summed E-state index contributed by atoms with van der Waals surface area (Å²) in [6, 6.07) is 52.1. The van der Waals surface area contributed by atoms with Crippen LogP contribution in [0.1, 0.15) is 27.8 Å². The topological polar surface area (TPSA) is 51.8 Å². The van der Waals surface area contributed by atoms with E-state index in [1.165, 1.54) is 0 Å². The van der Waals surface area contributed by atoms with Gasteiger partial charge in [-0.3, -0.25) is 0 Å². The number of benzene rings is 6. The summed E-state index contributed by atoms with van der Waals surface area (Å²) in [7, 11) is 0. The molecular formula is C38H24N2OS. The van der Waals surface area contributed by atoms with Gasteiger partial charge in [0.2, 0.25) is 0 Å². The Hall–Kier alpha value is -5.08. The maximum atomic E-state index is 14.0. The first-order valence-corrected chi connectivity index (χ1v) is 15.1. The molecule has 7 aromatic rings. The van der Waals surface area contributed by atoms with Crippen molar-refractivity contribution < 1.29 is 4.55 Å². The maximum absolute atomic E-state index is 14.0. The number of nitrogens with zero attached hydrogens (tertiary/aromatic N) is 2. The van der Waals surface area contributed by atoms with Crippen LogP contribution < -0.4 is 0 Å². The van der Waals surface area contributed by atoms with Crippen LogP contribution in [-0.2, 0) is 16.6 Å². The second kappa shape index (κ2) is 9.49. The van der Waals surface area contributed by atoms with Gasteiger partial charge in [-0.05, 0) is 65.7 Å². The fourth-order valence-corrected chi connectivity index (χ4v) is 8.28. The van der Waals surface area contributed by atoms with Crippen molar-refractivity contribution in [3.05, 3.63) is 173 Å². The minimum absolute atomic E-state index is 0.626. The molecule has 1 aromatic heterocycles. The smallest absolute Gasteiger partial charge is 0.163 e. The second-order valence-corrected chi connectivity index (χ2v) is 12.0. The van der Waals surface area contributed by atoms with E-state index in [-0.39, 0.29) is 0 Å². The van der Waals surface area contributed by atoms with Gasteiger partial charge < -0.3 is 9.12 Å². The number of hydrogen-bond acceptors (Lipinski definition) is 2. The molecule has 198 valence electrons. The number of hydrogen-bond donors (Lipinski definition) is 0. The van der Waals surface area contributed by atoms with Crippen LogP contribution in [0.25, 0.3) is 27.5 Å². The van der Waals surface area contributed by atoms with Crippen molar-refractivity contribution in [3.63, 3.8) is 0 Å². The van der Waals surface area contributed by atoms with Crippen LogP contribution in [0, 0.1) is 11.3 Å². The largest absolute Gasteiger partial charge is 0.606 e. The molecule has 4 heteroatoms. The summed E-state index contributed by atoms with van der Waals surface area (Å²) < 4.78 is 16.2. The molecule has 8 rings (SSSR count). The molecule has 0 atom stereocenters. The van der Waals surface area contributed by atoms with E-state index in [2.05, 4.69) is 77.4 Å². The molecule has 0 unspecified atom stereocenters. The van der Waals surface area contributed by atoms with Crippen LogP contribution in [0.3, 0.4) is 0 Å². The quantitative estimate of drug-likeness (QED) is 0.205. The lowest BCUT2D eigenvalue weighted by molar-refractivity contribution is 0.578. The predicted octanol–water partition coefficient (Wildman–Crippen LogP) is 8.52. The van der Waals surface area contributed by atoms with Crippen LogP contribution in [0.15, 0.2) is 155 Å². The Kier molecular flexibility index (Phi) is 5.58. The second-order valence-electron chi connectivity index (χ2n) is 10.6. The zero-order valence-corrected chi connectivity index (χ0v) is 23.4. The molecule has 1 aliphatic rings. The molecule has 3 nitrogen and oxygen atoms in total. The highest BCUT2D eigenvalue weighted by Crippen LogP contribution is 2.54. The fraction of sp³-hybridized carbons (Fsp3) is 0.0263. The Morgan fingerprint density at radius 2 is 1.12 bits per heavy atom. The zero-order chi connectivity index (χ0) is 28.3. The van der Waals surface area contributed by atoms with Crippen LogP contribution in [0.2, 0.25) is 0 Å². The third-order valence-electron chi connectivity index (χ3n) is 8.53. The lowest BCUT2D eigenvalue weighted by atomic mass is 9.64. The Morgan fingerprint density at radius 3 is 1.76 bits per heavy atom. The van der Waals surface area contributed by atoms with Crippen molar-refractivity contribution in [2.24, 2.45) is 0 Å². The van der Waals surface area contributed by atoms with Crippen LogP contribution >= 0.6 is 0 Å². The van der Waals surface area contributed by atoms with Gasteiger partial charge >= 0.3 is 0 Å². The molecule has 0 spiro atoms. The molecule has 6 aromatic carbocycles. The van der Waals surface area contributed by atoms with Gasteiger partial charge in [0.15, 0.2) is 9.79 Å². The summed E-state index contributed by atoms with van der Waals surface area (Å²) in [4.78, 5) is 1.66. The number of fused-ring (bicyclic) bond motifs is 5. The van der Waals surface area contributed by atoms with Gasteiger partial charge in [0, 0.05) is 38.8 Å². The maximum Gasteiger partial charge on any atom is 0.163 e. The number of aromatic nitrogens is 1. The third kappa shape index (κ3) is 3.39. The third-order valence-corrected chi connectivity index (χ3v) is 10.0. The normalized spacial score (nSPS) is 17.5. The summed E-state index contributed by atoms with van der Waals surface area (Å²) in [5, 5.41) is 11.9. The number of rotatable bonds is 3. The first-order valence-electron chi connectivity index (χ1n) is 13.9. The van der Waals surface area contributed by atoms with Gasteiger partial charge in [-0.15, -0.1) is 0 Å². The standard InChI is InChI=1S/C38H24N2OS/c39-25-26-19-21-34-30(23-26)31-24-28(20-22-35(31)40(34)29-13-5-2-6-14-29)38(27-11-3-1-4-12-27)32-15-7-9-17-36(32)42(41)37-18-10-8-16-33(37)38/h1-24H. The molecular weight excluding hydrogens is 532 g/mol. The van der Waals surface area contributed by atoms with Crippen molar-refractivity contribution in [2.75, 3.05) is 0 Å². The highest BCUT2D eigenvalue weighted by Gasteiger charge is 2.49. The van der Waals surface area contributed by atoms with Crippen LogP contribution in [0.4, 0.5) is 0 Å². The predicted molar refractivity (Wildman–Crippen MR) is 168 cm³/mol. The fourth-order valence-electron chi connectivity index (χ4n) is 6.80. The van der Waals surface area contributed by atoms with E-state index in [4.69, 9.17) is 0 Å². The molecule has 0 saturated carbocycles. The molecule has 0 aliphatic carbocycles. The van der Waals surface area contributed by atoms with E-state index in [1.807, 2.05) is 78.9 Å². The summed E-state index contributed by atoms with van der Waals surface area (Å²) in [6.07, 6.45) is 0. The molecule has 0 amide bonds. The van der Waals surface area contributed by atoms with Gasteiger partial charge in [0.25, 0.3) is 0 Å². The van der Waals surface area contributed by atoms with Crippen molar-refractivity contribution in [3.8, 4) is 11.8 Å². The Bertz CT molecular complexity index is 2130.